The molecule has 0 spiro atoms. The second-order valence-corrected chi connectivity index (χ2v) is 12.6. The van der Waals surface area contributed by atoms with Gasteiger partial charge >= 0.3 is 5.97 Å². The molecule has 0 bridgehead atoms. The Morgan fingerprint density at radius 2 is 1.54 bits per heavy atom. The van der Waals surface area contributed by atoms with Gasteiger partial charge in [0.2, 0.25) is 0 Å². The van der Waals surface area contributed by atoms with Crippen LogP contribution in [0.1, 0.15) is 85.5 Å². The Labute approximate surface area is 224 Å². The van der Waals surface area contributed by atoms with E-state index < -0.39 is 12.8 Å². The minimum atomic E-state index is -0.619. The number of Topliss-reactive ketones (excluding diaryl/α,β-unsaturated/α-hetero) is 1. The van der Waals surface area contributed by atoms with E-state index in [1.807, 2.05) is 6.92 Å². The van der Waals surface area contributed by atoms with Gasteiger partial charge in [0.25, 0.3) is 0 Å². The molecule has 0 saturated heterocycles. The smallest absolute Gasteiger partial charge is 0.334 e. The number of aliphatic hydroxyl groups is 1. The lowest BCUT2D eigenvalue weighted by Gasteiger charge is -2.61. The maximum atomic E-state index is 12.2. The van der Waals surface area contributed by atoms with E-state index in [0.29, 0.717) is 49.0 Å². The maximum Gasteiger partial charge on any atom is 0.334 e. The van der Waals surface area contributed by atoms with E-state index in [-0.39, 0.29) is 6.61 Å². The highest BCUT2D eigenvalue weighted by Crippen LogP contribution is 2.67. The van der Waals surface area contributed by atoms with Gasteiger partial charge in [0, 0.05) is 13.0 Å². The Bertz CT molecular complexity index is 741. The molecule has 0 heterocycles. The fraction of sp³-hybridized carbons (Fsp3) is 0.933. The molecule has 4 aliphatic carbocycles. The minimum Gasteiger partial charge on any atom is -0.437 e. The monoisotopic (exact) mass is 524 g/mol. The zero-order valence-corrected chi connectivity index (χ0v) is 24.0. The predicted octanol–water partition coefficient (Wildman–Crippen LogP) is 5.03. The van der Waals surface area contributed by atoms with Crippen LogP contribution in [0.4, 0.5) is 0 Å². The van der Waals surface area contributed by atoms with Gasteiger partial charge in [-0.3, -0.25) is 4.79 Å². The number of fused-ring (bicyclic) bond motifs is 5. The van der Waals surface area contributed by atoms with Gasteiger partial charge in [-0.2, -0.15) is 0 Å². The largest absolute Gasteiger partial charge is 0.437 e. The van der Waals surface area contributed by atoms with Gasteiger partial charge in [-0.25, -0.2) is 4.79 Å². The first kappa shape index (κ1) is 30.5. The highest BCUT2D eigenvalue weighted by Gasteiger charge is 2.60. The van der Waals surface area contributed by atoms with Gasteiger partial charge in [-0.05, 0) is 98.7 Å². The van der Waals surface area contributed by atoms with E-state index in [4.69, 9.17) is 19.3 Å². The molecule has 7 heteroatoms. The Morgan fingerprint density at radius 1 is 0.865 bits per heavy atom. The van der Waals surface area contributed by atoms with Crippen LogP contribution in [-0.2, 0) is 28.5 Å². The third-order valence-electron chi connectivity index (χ3n) is 10.7. The summed E-state index contributed by atoms with van der Waals surface area (Å²) in [5.41, 5.74) is 0.948. The number of hydrogen-bond acceptors (Lipinski definition) is 7. The third-order valence-corrected chi connectivity index (χ3v) is 10.7. The van der Waals surface area contributed by atoms with Crippen molar-refractivity contribution >= 4 is 11.8 Å². The van der Waals surface area contributed by atoms with Crippen molar-refractivity contribution < 1.29 is 33.6 Å². The van der Waals surface area contributed by atoms with E-state index >= 15 is 0 Å². The van der Waals surface area contributed by atoms with E-state index in [0.717, 1.165) is 29.6 Å². The first-order chi connectivity index (χ1) is 17.7. The Kier molecular flexibility index (Phi) is 11.4. The number of ketones is 1. The second kappa shape index (κ2) is 13.9. The van der Waals surface area contributed by atoms with Gasteiger partial charge in [0.05, 0.1) is 26.4 Å². The second-order valence-electron chi connectivity index (χ2n) is 12.6. The number of rotatable bonds is 10. The molecular formula is C30H52O7. The van der Waals surface area contributed by atoms with E-state index in [1.165, 1.54) is 57.8 Å². The summed E-state index contributed by atoms with van der Waals surface area (Å²) in [6.45, 7) is 10.4. The third kappa shape index (κ3) is 7.14. The molecular weight excluding hydrogens is 472 g/mol. The van der Waals surface area contributed by atoms with Crippen LogP contribution in [0.3, 0.4) is 0 Å². The number of methoxy groups -OCH3 is 1. The molecule has 214 valence electrons. The van der Waals surface area contributed by atoms with Crippen LogP contribution in [0.5, 0.6) is 0 Å². The quantitative estimate of drug-likeness (QED) is 0.243. The van der Waals surface area contributed by atoms with E-state index in [9.17, 15) is 9.59 Å². The van der Waals surface area contributed by atoms with Crippen molar-refractivity contribution in [3.63, 3.8) is 0 Å². The number of carbonyl (C=O) groups is 2. The molecule has 0 aromatic carbocycles. The highest BCUT2D eigenvalue weighted by atomic mass is 16.6. The molecule has 0 aromatic rings. The van der Waals surface area contributed by atoms with Crippen molar-refractivity contribution in [3.8, 4) is 0 Å². The molecule has 8 atom stereocenters. The summed E-state index contributed by atoms with van der Waals surface area (Å²) in [7, 11) is 1.59. The average molecular weight is 525 g/mol. The van der Waals surface area contributed by atoms with Crippen LogP contribution in [0, 0.1) is 46.3 Å². The fourth-order valence-corrected chi connectivity index (χ4v) is 8.77. The topological polar surface area (TPSA) is 91.3 Å². The molecule has 4 aliphatic rings. The first-order valence-corrected chi connectivity index (χ1v) is 14.6. The Balaban J connectivity index is 0.000000236. The number of ether oxygens (including phenoxy) is 4. The molecule has 37 heavy (non-hydrogen) atoms. The molecule has 4 saturated carbocycles. The fourth-order valence-electron chi connectivity index (χ4n) is 8.77. The van der Waals surface area contributed by atoms with Crippen molar-refractivity contribution in [1.82, 2.24) is 0 Å². The SMILES string of the molecule is CC(=O)C1CCC2C3CCC4CC(C)CCC4(C)C3CCC12C.COCCOCCOCC(=O)OCO. The number of hydrogen-bond donors (Lipinski definition) is 1. The van der Waals surface area contributed by atoms with Gasteiger partial charge in [-0.15, -0.1) is 0 Å². The lowest BCUT2D eigenvalue weighted by atomic mass is 9.44. The summed E-state index contributed by atoms with van der Waals surface area (Å²) in [5, 5.41) is 8.20. The van der Waals surface area contributed by atoms with Crippen LogP contribution in [0.15, 0.2) is 0 Å². The molecule has 7 nitrogen and oxygen atoms in total. The van der Waals surface area contributed by atoms with E-state index in [2.05, 4.69) is 25.5 Å². The summed E-state index contributed by atoms with van der Waals surface area (Å²) in [6, 6.07) is 0. The van der Waals surface area contributed by atoms with Gasteiger partial charge in [0.15, 0.2) is 6.79 Å². The van der Waals surface area contributed by atoms with Crippen molar-refractivity contribution in [3.05, 3.63) is 0 Å². The first-order valence-electron chi connectivity index (χ1n) is 14.6. The minimum absolute atomic E-state index is 0.172. The molecule has 0 aliphatic heterocycles. The summed E-state index contributed by atoms with van der Waals surface area (Å²) in [5.74, 6) is 4.90. The highest BCUT2D eigenvalue weighted by molar-refractivity contribution is 5.79. The van der Waals surface area contributed by atoms with Crippen molar-refractivity contribution in [2.75, 3.05) is 46.9 Å². The molecule has 4 fully saturated rings. The summed E-state index contributed by atoms with van der Waals surface area (Å²) in [6.07, 6.45) is 12.6. The summed E-state index contributed by atoms with van der Waals surface area (Å²) >= 11 is 0. The van der Waals surface area contributed by atoms with Gasteiger partial charge in [-0.1, -0.05) is 27.2 Å². The standard InChI is InChI=1S/C22H36O.C8H16O6/c1-14-9-11-21(3)16(13-14)5-6-17-19-8-7-18(15(2)23)22(19,4)12-10-20(17)21;1-11-2-3-12-4-5-13-6-8(10)14-7-9/h14,16-20H,5-13H2,1-4H3;9H,2-7H2,1H3. The van der Waals surface area contributed by atoms with Gasteiger partial charge in [0.1, 0.15) is 12.4 Å². The van der Waals surface area contributed by atoms with Gasteiger partial charge < -0.3 is 24.1 Å². The molecule has 0 aromatic heterocycles. The summed E-state index contributed by atoms with van der Waals surface area (Å²) in [4.78, 5) is 22.8. The Hall–Kier alpha value is -1.02. The van der Waals surface area contributed by atoms with Crippen molar-refractivity contribution in [2.45, 2.75) is 85.5 Å². The normalized spacial score (nSPS) is 38.4. The Morgan fingerprint density at radius 3 is 2.24 bits per heavy atom. The average Bonchev–Trinajstić information content (AvgIpc) is 3.22. The molecule has 4 rings (SSSR count). The van der Waals surface area contributed by atoms with Crippen molar-refractivity contribution in [2.24, 2.45) is 46.3 Å². The number of carbonyl (C=O) groups excluding carboxylic acids is 2. The predicted molar refractivity (Wildman–Crippen MR) is 142 cm³/mol. The lowest BCUT2D eigenvalue weighted by Crippen LogP contribution is -2.53. The molecule has 8 unspecified atom stereocenters. The van der Waals surface area contributed by atoms with Crippen molar-refractivity contribution in [1.29, 1.82) is 0 Å². The van der Waals surface area contributed by atoms with Crippen LogP contribution < -0.4 is 0 Å². The van der Waals surface area contributed by atoms with Crippen LogP contribution in [0.25, 0.3) is 0 Å². The maximum absolute atomic E-state index is 12.2. The molecule has 0 radical (unpaired) electrons. The zero-order valence-electron chi connectivity index (χ0n) is 24.0. The lowest BCUT2D eigenvalue weighted by molar-refractivity contribution is -0.157. The summed E-state index contributed by atoms with van der Waals surface area (Å²) < 4.78 is 18.9. The van der Waals surface area contributed by atoms with Crippen LogP contribution in [0.2, 0.25) is 0 Å². The van der Waals surface area contributed by atoms with E-state index in [1.54, 1.807) is 7.11 Å². The number of aliphatic hydroxyl groups excluding tert-OH is 1. The number of esters is 1. The van der Waals surface area contributed by atoms with Crippen LogP contribution in [-0.4, -0.2) is 63.8 Å². The molecule has 1 N–H and O–H groups in total. The molecule has 0 amide bonds. The van der Waals surface area contributed by atoms with Crippen LogP contribution >= 0.6 is 0 Å². The zero-order chi connectivity index (χ0) is 27.1.